The number of carbonyl (C=O) groups is 2. The lowest BCUT2D eigenvalue weighted by Crippen LogP contribution is -2.31. The fourth-order valence-corrected chi connectivity index (χ4v) is 6.50. The van der Waals surface area contributed by atoms with E-state index in [2.05, 4.69) is 40.8 Å². The highest BCUT2D eigenvalue weighted by Crippen LogP contribution is 2.39. The number of fused-ring (bicyclic) bond motifs is 2. The van der Waals surface area contributed by atoms with Gasteiger partial charge in [0.15, 0.2) is 11.5 Å². The molecule has 288 valence electrons. The van der Waals surface area contributed by atoms with Crippen molar-refractivity contribution < 1.29 is 27.8 Å². The van der Waals surface area contributed by atoms with Crippen molar-refractivity contribution in [3.63, 3.8) is 0 Å². The molecule has 5 N–H and O–H groups in total. The maximum Gasteiger partial charge on any atom is 0.258 e. The highest BCUT2D eigenvalue weighted by Gasteiger charge is 2.43. The molecule has 6 heterocycles. The van der Waals surface area contributed by atoms with E-state index >= 15 is 0 Å². The number of nitrogens with two attached hydrogens (primary N) is 1. The minimum absolute atomic E-state index is 0.125. The molecule has 0 saturated carbocycles. The number of aromatic amines is 1. The molecule has 0 bridgehead atoms. The first-order valence-electron chi connectivity index (χ1n) is 17.3. The second kappa shape index (κ2) is 14.0. The highest BCUT2D eigenvalue weighted by atomic mass is 19.1. The molecule has 2 aliphatic heterocycles. The number of nitrogens with one attached hydrogen (secondary N) is 3. The Morgan fingerprint density at radius 1 is 0.696 bits per heavy atom. The van der Waals surface area contributed by atoms with E-state index in [9.17, 15) is 23.2 Å². The van der Waals surface area contributed by atoms with Crippen molar-refractivity contribution in [2.75, 3.05) is 30.6 Å². The molecule has 18 heteroatoms. The number of methoxy groups -OCH3 is 2. The zero-order chi connectivity index (χ0) is 40.1. The number of rotatable bonds is 8. The number of benzene rings is 2. The van der Waals surface area contributed by atoms with Crippen molar-refractivity contribution in [1.29, 1.82) is 0 Å². The number of hydrogen-bond acceptors (Lipinski definition) is 11. The van der Waals surface area contributed by atoms with Crippen molar-refractivity contribution in [1.82, 2.24) is 39.5 Å². The van der Waals surface area contributed by atoms with Crippen molar-refractivity contribution >= 4 is 29.3 Å². The molecule has 16 nitrogen and oxygen atoms in total. The van der Waals surface area contributed by atoms with E-state index < -0.39 is 16.4 Å². The Kier molecular flexibility index (Phi) is 9.35. The second-order valence-corrected chi connectivity index (χ2v) is 14.1. The summed E-state index contributed by atoms with van der Waals surface area (Å²) in [6.07, 6.45) is 3.59. The highest BCUT2D eigenvalue weighted by molar-refractivity contribution is 6.06. The van der Waals surface area contributed by atoms with E-state index in [1.807, 2.05) is 0 Å². The largest absolute Gasteiger partial charge is 0.493 e. The van der Waals surface area contributed by atoms with E-state index in [1.54, 1.807) is 76.5 Å². The van der Waals surface area contributed by atoms with Gasteiger partial charge >= 0.3 is 0 Å². The summed E-state index contributed by atoms with van der Waals surface area (Å²) in [5, 5.41) is 14.2. The molecule has 0 unspecified atom stereocenters. The van der Waals surface area contributed by atoms with Crippen LogP contribution in [0, 0.1) is 11.6 Å². The van der Waals surface area contributed by atoms with Crippen LogP contribution in [0.2, 0.25) is 0 Å². The smallest absolute Gasteiger partial charge is 0.258 e. The van der Waals surface area contributed by atoms with Gasteiger partial charge in [0, 0.05) is 12.8 Å². The van der Waals surface area contributed by atoms with Gasteiger partial charge in [0.2, 0.25) is 17.8 Å². The summed E-state index contributed by atoms with van der Waals surface area (Å²) < 4.78 is 41.4. The number of anilines is 3. The lowest BCUT2D eigenvalue weighted by atomic mass is 9.87. The van der Waals surface area contributed by atoms with Crippen LogP contribution in [0.25, 0.3) is 11.9 Å². The fraction of sp³-hybridized carbons (Fsp3) is 0.263. The van der Waals surface area contributed by atoms with Gasteiger partial charge in [0.25, 0.3) is 11.5 Å². The molecule has 56 heavy (non-hydrogen) atoms. The van der Waals surface area contributed by atoms with Gasteiger partial charge in [-0.3, -0.25) is 19.4 Å². The molecule has 4 aromatic heterocycles. The maximum atomic E-state index is 14.0. The van der Waals surface area contributed by atoms with E-state index in [0.29, 0.717) is 45.4 Å². The Labute approximate surface area is 318 Å². The monoisotopic (exact) mass is 765 g/mol. The third-order valence-corrected chi connectivity index (χ3v) is 9.68. The van der Waals surface area contributed by atoms with Crippen molar-refractivity contribution in [3.8, 4) is 23.4 Å². The van der Waals surface area contributed by atoms with E-state index in [0.717, 1.165) is 0 Å². The minimum Gasteiger partial charge on any atom is -0.493 e. The van der Waals surface area contributed by atoms with Crippen LogP contribution in [-0.2, 0) is 33.3 Å². The van der Waals surface area contributed by atoms with Gasteiger partial charge in [-0.05, 0) is 51.0 Å². The lowest BCUT2D eigenvalue weighted by molar-refractivity contribution is -0.120. The zero-order valence-electron chi connectivity index (χ0n) is 31.2. The van der Waals surface area contributed by atoms with Crippen LogP contribution in [0.4, 0.5) is 26.2 Å². The van der Waals surface area contributed by atoms with Gasteiger partial charge in [-0.2, -0.15) is 25.1 Å². The summed E-state index contributed by atoms with van der Waals surface area (Å²) >= 11 is 0. The van der Waals surface area contributed by atoms with Gasteiger partial charge in [-0.1, -0.05) is 36.4 Å². The van der Waals surface area contributed by atoms with Crippen LogP contribution < -0.4 is 31.4 Å². The van der Waals surface area contributed by atoms with Crippen molar-refractivity contribution in [2.24, 2.45) is 0 Å². The molecule has 2 aromatic carbocycles. The Morgan fingerprint density at radius 2 is 1.18 bits per heavy atom. The molecule has 0 aliphatic carbocycles. The molecular weight excluding hydrogens is 728 g/mol. The third kappa shape index (κ3) is 6.58. The zero-order valence-corrected chi connectivity index (χ0v) is 31.2. The van der Waals surface area contributed by atoms with Gasteiger partial charge in [-0.15, -0.1) is 0 Å². The van der Waals surface area contributed by atoms with Crippen LogP contribution in [0.1, 0.15) is 61.3 Å². The van der Waals surface area contributed by atoms with Gasteiger partial charge in [0.1, 0.15) is 40.5 Å². The summed E-state index contributed by atoms with van der Waals surface area (Å²) in [4.78, 5) is 52.5. The first kappa shape index (κ1) is 37.3. The molecule has 8 rings (SSSR count). The van der Waals surface area contributed by atoms with Gasteiger partial charge in [-0.25, -0.2) is 18.1 Å². The molecule has 0 atom stereocenters. The quantitative estimate of drug-likeness (QED) is 0.173. The predicted molar refractivity (Wildman–Crippen MR) is 200 cm³/mol. The number of aromatic nitrogens is 8. The molecule has 0 fully saturated rings. The molecule has 0 radical (unpaired) electrons. The Bertz CT molecular complexity index is 2600. The summed E-state index contributed by atoms with van der Waals surface area (Å²) in [7, 11) is 2.99. The molecular formula is C38H37F2N11O5. The second-order valence-electron chi connectivity index (χ2n) is 14.1. The number of nitrogen functional groups attached to an aromatic ring is 1. The molecule has 2 amide bonds. The number of halogens is 2. The van der Waals surface area contributed by atoms with Gasteiger partial charge < -0.3 is 25.8 Å². The number of H-pyrrole nitrogens is 1. The molecule has 6 aromatic rings. The average molecular weight is 766 g/mol. The standard InChI is InChI=1S/C19H19FN6O2.C19H18FN5O3/c1-19(2)14-15(21)22-18(24-16(14)23-17(19)27)26-9-13(28-3)12(25-26)8-10-6-4-5-7-11(10)20;1-19(2)14-15(21-17(19)27)22-18(23-16(14)26)25-9-13(28-3)12(24-25)8-10-6-4-5-7-11(10)20/h4-7,9H,8H2,1-3H3,(H3,21,22,23,24,27);4-7,9H,8H2,1-3H3,(H2,21,22,23,26,27). The van der Waals surface area contributed by atoms with Crippen LogP contribution in [-0.4, -0.2) is 65.5 Å². The third-order valence-electron chi connectivity index (χ3n) is 9.68. The maximum absolute atomic E-state index is 14.0. The Hall–Kier alpha value is -6.98. The summed E-state index contributed by atoms with van der Waals surface area (Å²) in [5.74, 6) is 0.832. The van der Waals surface area contributed by atoms with E-state index in [-0.39, 0.29) is 65.4 Å². The van der Waals surface area contributed by atoms with Crippen molar-refractivity contribution in [3.05, 3.63) is 117 Å². The van der Waals surface area contributed by atoms with E-state index in [4.69, 9.17) is 15.2 Å². The van der Waals surface area contributed by atoms with E-state index in [1.165, 1.54) is 35.7 Å². The number of hydrogen-bond donors (Lipinski definition) is 4. The van der Waals surface area contributed by atoms with Crippen LogP contribution in [0.3, 0.4) is 0 Å². The predicted octanol–water partition coefficient (Wildman–Crippen LogP) is 4.14. The molecule has 0 spiro atoms. The first-order valence-corrected chi connectivity index (χ1v) is 17.3. The number of carbonyl (C=O) groups excluding carboxylic acids is 2. The Morgan fingerprint density at radius 3 is 1.71 bits per heavy atom. The number of amides is 2. The van der Waals surface area contributed by atoms with Gasteiger partial charge in [0.05, 0.1) is 48.6 Å². The topological polar surface area (TPSA) is 210 Å². The number of ether oxygens (including phenoxy) is 2. The van der Waals surface area contributed by atoms with Crippen LogP contribution >= 0.6 is 0 Å². The lowest BCUT2D eigenvalue weighted by Gasteiger charge is -2.16. The molecule has 0 saturated heterocycles. The first-order chi connectivity index (χ1) is 26.6. The Balaban J connectivity index is 0.000000172. The van der Waals surface area contributed by atoms with Crippen LogP contribution in [0.5, 0.6) is 11.5 Å². The number of nitrogens with zero attached hydrogens (tertiary/aromatic N) is 7. The normalized spacial score (nSPS) is 14.6. The van der Waals surface area contributed by atoms with Crippen LogP contribution in [0.15, 0.2) is 65.7 Å². The SMILES string of the molecule is COc1cn(-c2nc(N)c3c(n2)NC(=O)C3(C)C)nc1Cc1ccccc1F.COc1cn(-c2nc3c(c(=O)[nH]2)C(C)(C)C(=O)N3)nc1Cc1ccccc1F. The summed E-state index contributed by atoms with van der Waals surface area (Å²) in [6.45, 7) is 6.84. The summed E-state index contributed by atoms with van der Waals surface area (Å²) in [5.41, 5.74) is 6.73. The fourth-order valence-electron chi connectivity index (χ4n) is 6.50. The summed E-state index contributed by atoms with van der Waals surface area (Å²) in [6, 6.07) is 12.9. The average Bonchev–Trinajstić information content (AvgIpc) is 3.88. The molecule has 2 aliphatic rings. The minimum atomic E-state index is -0.966. The van der Waals surface area contributed by atoms with Crippen molar-refractivity contribution in [2.45, 2.75) is 51.4 Å².